The van der Waals surface area contributed by atoms with Gasteiger partial charge >= 0.3 is 51.4 Å². The fourth-order valence-corrected chi connectivity index (χ4v) is 0. The molecule has 0 aromatic carbocycles. The van der Waals surface area contributed by atoms with Crippen LogP contribution < -0.4 is 57.1 Å². The molecule has 0 aliphatic rings. The van der Waals surface area contributed by atoms with Crippen LogP contribution in [0.5, 0.6) is 0 Å². The predicted molar refractivity (Wildman–Crippen MR) is 16.3 cm³/mol. The largest absolute Gasteiger partial charge is 1.00 e. The molecule has 0 unspecified atom stereocenters. The first kappa shape index (κ1) is 16.5. The molecule has 2 nitrogen and oxygen atoms in total. The Bertz CT molecular complexity index is 17.1. The fraction of sp³-hybridized carbons (Fsp3) is 0. The van der Waals surface area contributed by atoms with E-state index in [1.54, 1.807) is 0 Å². The van der Waals surface area contributed by atoms with Gasteiger partial charge in [0.25, 0.3) is 0 Å². The molecule has 0 spiro atoms. The van der Waals surface area contributed by atoms with E-state index in [-0.39, 0.29) is 58.8 Å². The van der Waals surface area contributed by atoms with Crippen molar-refractivity contribution in [3.63, 3.8) is 0 Å². The van der Waals surface area contributed by atoms with E-state index in [9.17, 15) is 0 Å². The maximum absolute atomic E-state index is 8.46. The van der Waals surface area contributed by atoms with Gasteiger partial charge in [0.2, 0.25) is 0 Å². The summed E-state index contributed by atoms with van der Waals surface area (Å²) in [5.74, 6) is 0. The Morgan fingerprint density at radius 3 is 1.60 bits per heavy atom. The molecule has 1 amide bonds. The normalized spacial score (nSPS) is 2.40. The summed E-state index contributed by atoms with van der Waals surface area (Å²) in [5, 5.41) is 0. The van der Waals surface area contributed by atoms with Crippen LogP contribution in [0.1, 0.15) is 0 Å². The van der Waals surface area contributed by atoms with E-state index < -0.39 is 0 Å². The van der Waals surface area contributed by atoms with E-state index in [2.05, 4.69) is 5.73 Å². The molecule has 0 fully saturated rings. The van der Waals surface area contributed by atoms with E-state index >= 15 is 0 Å². The van der Waals surface area contributed by atoms with Gasteiger partial charge in [0.1, 0.15) is 0 Å². The summed E-state index contributed by atoms with van der Waals surface area (Å²) in [5.41, 5.74) is 4.04. The van der Waals surface area contributed by atoms with E-state index in [0.717, 1.165) is 6.41 Å². The van der Waals surface area contributed by atoms with Crippen molar-refractivity contribution in [2.45, 2.75) is 0 Å². The number of rotatable bonds is 0. The summed E-state index contributed by atoms with van der Waals surface area (Å²) in [4.78, 5) is 8.46. The van der Waals surface area contributed by atoms with Gasteiger partial charge in [-0.15, -0.1) is 0 Å². The van der Waals surface area contributed by atoms with Crippen LogP contribution in [0.3, 0.4) is 0 Å². The third-order valence-electron chi connectivity index (χ3n) is 0. The van der Waals surface area contributed by atoms with Crippen molar-refractivity contribution in [3.05, 3.63) is 7.43 Å². The summed E-state index contributed by atoms with van der Waals surface area (Å²) in [6, 6.07) is 0. The van der Waals surface area contributed by atoms with Crippen molar-refractivity contribution >= 4 is 6.41 Å². The molecule has 0 bridgehead atoms. The second-order valence-electron chi connectivity index (χ2n) is 0.118. The third-order valence-corrected chi connectivity index (χ3v) is 0. The van der Waals surface area contributed by atoms with E-state index in [1.165, 1.54) is 0 Å². The van der Waals surface area contributed by atoms with Crippen LogP contribution in [0.15, 0.2) is 0 Å². The molecule has 0 aliphatic heterocycles. The van der Waals surface area contributed by atoms with Crippen LogP contribution in [0.4, 0.5) is 0 Å². The van der Waals surface area contributed by atoms with Gasteiger partial charge in [-0.1, -0.05) is 0 Å². The molecule has 0 radical (unpaired) electrons. The van der Waals surface area contributed by atoms with Gasteiger partial charge in [-0.25, -0.2) is 0 Å². The second kappa shape index (κ2) is 19.4. The second-order valence-corrected chi connectivity index (χ2v) is 0.118. The molecule has 2 N–H and O–H groups in total. The minimum absolute atomic E-state index is 0. The smallest absolute Gasteiger partial charge is 0.543 e. The van der Waals surface area contributed by atoms with E-state index in [0.29, 0.717) is 0 Å². The van der Waals surface area contributed by atoms with Crippen LogP contribution in [-0.2, 0) is 4.79 Å². The average molecular weight is 98.2 g/mol. The summed E-state index contributed by atoms with van der Waals surface area (Å²) in [7, 11) is 0. The van der Waals surface area contributed by atoms with Crippen molar-refractivity contribution in [2.75, 3.05) is 0 Å². The van der Waals surface area contributed by atoms with Gasteiger partial charge in [-0.2, -0.15) is 6.41 Å². The van der Waals surface area contributed by atoms with Crippen molar-refractivity contribution in [2.24, 2.45) is 5.73 Å². The van der Waals surface area contributed by atoms with Gasteiger partial charge in [-0.05, 0) is 0 Å². The fourth-order valence-electron chi connectivity index (χ4n) is 0. The number of hydrogen-bond acceptors (Lipinski definition) is 1. The molecule has 5 heavy (non-hydrogen) atoms. The minimum Gasteiger partial charge on any atom is -0.543 e. The summed E-state index contributed by atoms with van der Waals surface area (Å²) >= 11 is 0. The first-order valence-electron chi connectivity index (χ1n) is 0.493. The van der Waals surface area contributed by atoms with Gasteiger partial charge in [0.05, 0.1) is 0 Å². The molecule has 26 valence electrons. The Balaban J connectivity index is -0.0000000200. The zero-order valence-corrected chi connectivity index (χ0v) is 6.61. The number of primary amides is 1. The topological polar surface area (TPSA) is 43.1 Å². The minimum atomic E-state index is 0. The number of hydrogen-bond donors (Lipinski definition) is 1. The van der Waals surface area contributed by atoms with Crippen LogP contribution in [0.2, 0.25) is 0 Å². The molecule has 0 aliphatic carbocycles. The molecule has 0 rings (SSSR count). The van der Waals surface area contributed by atoms with Crippen molar-refractivity contribution in [1.82, 2.24) is 0 Å². The summed E-state index contributed by atoms with van der Waals surface area (Å²) in [6.07, 6.45) is 1.00. The Kier molecular flexibility index (Phi) is 64.0. The van der Waals surface area contributed by atoms with Crippen LogP contribution in [0, 0.1) is 7.43 Å². The van der Waals surface area contributed by atoms with Crippen LogP contribution in [0.25, 0.3) is 0 Å². The molecule has 0 aromatic heterocycles. The van der Waals surface area contributed by atoms with Crippen LogP contribution in [-0.4, -0.2) is 6.41 Å². The molecule has 0 atom stereocenters. The Hall–Kier alpha value is 1.11. The monoisotopic (exact) mass is 98.0 g/mol. The molecule has 0 aromatic rings. The van der Waals surface area contributed by atoms with Crippen molar-refractivity contribution in [1.29, 1.82) is 0 Å². The van der Waals surface area contributed by atoms with Gasteiger partial charge < -0.3 is 18.0 Å². The maximum Gasteiger partial charge on any atom is 1.00 e. The standard InChI is InChI=1S/CH2NO.CH3.K/c2-1-3;;/h(H2,2,3);1H3;/q2*-1;+1. The average Bonchev–Trinajstić information content (AvgIpc) is 0.918. The van der Waals surface area contributed by atoms with Gasteiger partial charge in [-0.3, -0.25) is 0 Å². The van der Waals surface area contributed by atoms with E-state index in [1.807, 2.05) is 0 Å². The zero-order chi connectivity index (χ0) is 2.71. The number of carbonyl (C=O) groups excluding carboxylic acids is 1. The summed E-state index contributed by atoms with van der Waals surface area (Å²) < 4.78 is 0. The number of amides is 1. The molecular weight excluding hydrogens is 93.1 g/mol. The van der Waals surface area contributed by atoms with Crippen molar-refractivity contribution < 1.29 is 56.2 Å². The Morgan fingerprint density at radius 1 is 1.60 bits per heavy atom. The Labute approximate surface area is 74.5 Å². The maximum atomic E-state index is 8.46. The molecule has 0 saturated heterocycles. The van der Waals surface area contributed by atoms with Crippen molar-refractivity contribution in [3.8, 4) is 0 Å². The molecule has 0 saturated carbocycles. The summed E-state index contributed by atoms with van der Waals surface area (Å²) in [6.45, 7) is 0. The first-order chi connectivity index (χ1) is 1.41. The predicted octanol–water partition coefficient (Wildman–Crippen LogP) is -3.53. The quantitative estimate of drug-likeness (QED) is 0.190. The van der Waals surface area contributed by atoms with E-state index in [4.69, 9.17) is 4.79 Å². The Morgan fingerprint density at radius 2 is 1.60 bits per heavy atom. The van der Waals surface area contributed by atoms with Gasteiger partial charge in [0.15, 0.2) is 0 Å². The first-order valence-corrected chi connectivity index (χ1v) is 0.493. The number of nitrogens with two attached hydrogens (primary N) is 1. The van der Waals surface area contributed by atoms with Crippen LogP contribution >= 0.6 is 0 Å². The van der Waals surface area contributed by atoms with Gasteiger partial charge in [0, 0.05) is 0 Å². The zero-order valence-electron chi connectivity index (χ0n) is 3.49. The molecule has 0 heterocycles. The molecular formula is C2H5KNO-. The SMILES string of the molecule is N[C-]=O.[CH3-].[K+]. The third kappa shape index (κ3) is 40.3. The molecule has 3 heteroatoms.